The van der Waals surface area contributed by atoms with Crippen molar-refractivity contribution in [2.45, 2.75) is 11.2 Å². The number of carbonyl (C=O) groups excluding carboxylic acids is 2. The first-order valence-corrected chi connectivity index (χ1v) is 8.58. The average Bonchev–Trinajstić information content (AvgIpc) is 2.59. The number of rotatable bonds is 4. The van der Waals surface area contributed by atoms with E-state index in [1.165, 1.54) is 0 Å². The quantitative estimate of drug-likeness (QED) is 0.432. The van der Waals surface area contributed by atoms with Crippen LogP contribution in [0.4, 0.5) is 0 Å². The van der Waals surface area contributed by atoms with Crippen LogP contribution >= 0.6 is 0 Å². The van der Waals surface area contributed by atoms with Crippen molar-refractivity contribution in [3.63, 3.8) is 0 Å². The molecule has 0 heterocycles. The summed E-state index contributed by atoms with van der Waals surface area (Å²) in [5.41, 5.74) is -3.65. The predicted octanol–water partition coefficient (Wildman–Crippen LogP) is 0.574. The van der Waals surface area contributed by atoms with Crippen LogP contribution in [0.2, 0.25) is 4.82 Å². The van der Waals surface area contributed by atoms with E-state index >= 15 is 0 Å². The summed E-state index contributed by atoms with van der Waals surface area (Å²) in [6, 6.07) is 13.2. The van der Waals surface area contributed by atoms with E-state index in [0.29, 0.717) is 0 Å². The molecule has 1 aliphatic carbocycles. The Morgan fingerprint density at radius 1 is 1.13 bits per heavy atom. The Labute approximate surface area is 140 Å². The van der Waals surface area contributed by atoms with Crippen LogP contribution in [0.1, 0.15) is 6.42 Å². The summed E-state index contributed by atoms with van der Waals surface area (Å²) in [7, 11) is 2.25. The summed E-state index contributed by atoms with van der Waals surface area (Å²) in [6.45, 7) is 0. The second-order valence-corrected chi connectivity index (χ2v) is 7.72. The number of benzene rings is 1. The third-order valence-electron chi connectivity index (χ3n) is 4.09. The number of nitriles is 2. The summed E-state index contributed by atoms with van der Waals surface area (Å²) in [5.74, 6) is -1.79. The third-order valence-corrected chi connectivity index (χ3v) is 6.92. The molecule has 0 amide bonds. The summed E-state index contributed by atoms with van der Waals surface area (Å²) >= 11 is -0.238. The average molecular weight is 377 g/mol. The van der Waals surface area contributed by atoms with E-state index in [0.717, 1.165) is 18.7 Å². The van der Waals surface area contributed by atoms with Crippen LogP contribution in [-0.2, 0) is 19.1 Å². The molecule has 118 valence electrons. The molecule has 2 rings (SSSR count). The molecule has 0 aliphatic heterocycles. The number of hydrogen-bond acceptors (Lipinski definition) is 6. The molecule has 0 N–H and O–H groups in total. The monoisotopic (exact) mass is 378 g/mol. The van der Waals surface area contributed by atoms with Crippen molar-refractivity contribution in [3.05, 3.63) is 30.3 Å². The normalized spacial score (nSPS) is 20.3. The van der Waals surface area contributed by atoms with E-state index in [2.05, 4.69) is 0 Å². The Morgan fingerprint density at radius 3 is 2.09 bits per heavy atom. The molecular weight excluding hydrogens is 363 g/mol. The number of carbonyl (C=O) groups is 2. The Morgan fingerprint density at radius 2 is 1.65 bits per heavy atom. The molecule has 6 nitrogen and oxygen atoms in total. The van der Waals surface area contributed by atoms with Gasteiger partial charge in [0.15, 0.2) is 0 Å². The molecule has 1 aromatic carbocycles. The van der Waals surface area contributed by atoms with Crippen molar-refractivity contribution >= 4 is 31.4 Å². The van der Waals surface area contributed by atoms with Crippen molar-refractivity contribution in [1.82, 2.24) is 0 Å². The van der Waals surface area contributed by atoms with E-state index < -0.39 is 27.6 Å². The van der Waals surface area contributed by atoms with Crippen LogP contribution < -0.4 is 4.46 Å². The second-order valence-electron chi connectivity index (χ2n) is 5.04. The van der Waals surface area contributed by atoms with Gasteiger partial charge in [0.1, 0.15) is 0 Å². The van der Waals surface area contributed by atoms with E-state index in [1.54, 1.807) is 0 Å². The molecule has 1 aliphatic rings. The van der Waals surface area contributed by atoms with Gasteiger partial charge in [0.05, 0.1) is 0 Å². The Hall–Kier alpha value is -2.34. The fraction of sp³-hybridized carbons (Fsp3) is 0.375. The van der Waals surface area contributed by atoms with Crippen molar-refractivity contribution in [1.29, 1.82) is 10.5 Å². The molecule has 23 heavy (non-hydrogen) atoms. The molecule has 1 fully saturated rings. The molecule has 0 bridgehead atoms. The standard InChI is InChI=1S/C16H14N2O4Se/c1-21-13(19)16(14(20)22-2)8-12(15(16,9-17)10-18)23-11-6-4-3-5-7-11/h3-7,12H,8H2,1-2H3. The zero-order valence-corrected chi connectivity index (χ0v) is 14.3. The first-order valence-electron chi connectivity index (χ1n) is 6.73. The summed E-state index contributed by atoms with van der Waals surface area (Å²) in [4.78, 5) is 24.1. The maximum absolute atomic E-state index is 12.2. The molecule has 0 radical (unpaired) electrons. The van der Waals surface area contributed by atoms with Gasteiger partial charge in [-0.3, -0.25) is 0 Å². The van der Waals surface area contributed by atoms with E-state index in [1.807, 2.05) is 42.5 Å². The van der Waals surface area contributed by atoms with Gasteiger partial charge in [-0.15, -0.1) is 0 Å². The van der Waals surface area contributed by atoms with Gasteiger partial charge in [-0.1, -0.05) is 0 Å². The van der Waals surface area contributed by atoms with Crippen LogP contribution in [0.5, 0.6) is 0 Å². The minimum absolute atomic E-state index is 0.0718. The van der Waals surface area contributed by atoms with Gasteiger partial charge < -0.3 is 0 Å². The van der Waals surface area contributed by atoms with Gasteiger partial charge in [-0.25, -0.2) is 0 Å². The SMILES string of the molecule is COC(=O)C1(C(=O)OC)CC([Se]c2ccccc2)C1(C#N)C#N. The maximum atomic E-state index is 12.2. The number of esters is 2. The van der Waals surface area contributed by atoms with Crippen molar-refractivity contribution in [2.24, 2.45) is 10.8 Å². The van der Waals surface area contributed by atoms with Crippen LogP contribution in [-0.4, -0.2) is 41.1 Å². The zero-order valence-electron chi connectivity index (χ0n) is 12.6. The van der Waals surface area contributed by atoms with Crippen molar-refractivity contribution < 1.29 is 19.1 Å². The van der Waals surface area contributed by atoms with Gasteiger partial charge in [0, 0.05) is 0 Å². The molecule has 0 saturated heterocycles. The van der Waals surface area contributed by atoms with Crippen LogP contribution in [0.3, 0.4) is 0 Å². The molecule has 0 spiro atoms. The summed E-state index contributed by atoms with van der Waals surface area (Å²) in [6.07, 6.45) is 0.0718. The number of nitrogens with zero attached hydrogens (tertiary/aromatic N) is 2. The first-order chi connectivity index (χ1) is 11.0. The van der Waals surface area contributed by atoms with Crippen LogP contribution in [0, 0.1) is 33.5 Å². The fourth-order valence-corrected chi connectivity index (χ4v) is 5.87. The van der Waals surface area contributed by atoms with E-state index in [9.17, 15) is 20.1 Å². The molecular formula is C16H14N2O4Se. The predicted molar refractivity (Wildman–Crippen MR) is 80.3 cm³/mol. The van der Waals surface area contributed by atoms with Gasteiger partial charge in [-0.2, -0.15) is 0 Å². The third kappa shape index (κ3) is 2.30. The minimum atomic E-state index is -1.87. The number of hydrogen-bond donors (Lipinski definition) is 0. The molecule has 1 saturated carbocycles. The zero-order chi connectivity index (χ0) is 17.1. The van der Waals surface area contributed by atoms with Gasteiger partial charge >= 0.3 is 140 Å². The second kappa shape index (κ2) is 6.42. The van der Waals surface area contributed by atoms with Crippen LogP contribution in [0.25, 0.3) is 0 Å². The summed E-state index contributed by atoms with van der Waals surface area (Å²) < 4.78 is 10.4. The van der Waals surface area contributed by atoms with Crippen molar-refractivity contribution in [3.8, 4) is 12.1 Å². The first kappa shape index (κ1) is 17.0. The van der Waals surface area contributed by atoms with E-state index in [-0.39, 0.29) is 21.4 Å². The van der Waals surface area contributed by atoms with Crippen molar-refractivity contribution in [2.75, 3.05) is 14.2 Å². The number of methoxy groups -OCH3 is 2. The Kier molecular flexibility index (Phi) is 4.75. The van der Waals surface area contributed by atoms with Crippen LogP contribution in [0.15, 0.2) is 30.3 Å². The topological polar surface area (TPSA) is 100 Å². The Bertz CT molecular complexity index is 675. The fourth-order valence-electron chi connectivity index (χ4n) is 2.81. The van der Waals surface area contributed by atoms with Gasteiger partial charge in [-0.05, 0) is 0 Å². The molecule has 0 aromatic heterocycles. The molecule has 1 unspecified atom stereocenters. The van der Waals surface area contributed by atoms with Gasteiger partial charge in [0.25, 0.3) is 0 Å². The van der Waals surface area contributed by atoms with Gasteiger partial charge in [0.2, 0.25) is 0 Å². The summed E-state index contributed by atoms with van der Waals surface area (Å²) in [5, 5.41) is 19.3. The Balaban J connectivity index is 2.45. The molecule has 1 aromatic rings. The number of ether oxygens (including phenoxy) is 2. The molecule has 1 atom stereocenters. The molecule has 7 heteroatoms. The van der Waals surface area contributed by atoms with E-state index in [4.69, 9.17) is 9.47 Å².